The molecule has 148 valence electrons. The number of nitrogens with one attached hydrogen (secondary N) is 1. The van der Waals surface area contributed by atoms with Crippen molar-refractivity contribution in [3.8, 4) is 11.5 Å². The molecule has 0 bridgehead atoms. The minimum absolute atomic E-state index is 0.199. The molecule has 0 fully saturated rings. The topological polar surface area (TPSA) is 73.6 Å². The second-order valence-corrected chi connectivity index (χ2v) is 7.24. The van der Waals surface area contributed by atoms with Gasteiger partial charge in [-0.2, -0.15) is 17.7 Å². The average Bonchev–Trinajstić information content (AvgIpc) is 3.38. The molecule has 0 amide bonds. The van der Waals surface area contributed by atoms with Gasteiger partial charge in [0.05, 0.1) is 5.56 Å². The molecule has 0 unspecified atom stereocenters. The number of fused-ring (bicyclic) bond motifs is 2. The van der Waals surface area contributed by atoms with Crippen molar-refractivity contribution in [2.75, 3.05) is 12.1 Å². The van der Waals surface area contributed by atoms with Gasteiger partial charge in [-0.15, -0.1) is 15.3 Å². The molecule has 1 aliphatic rings. The fourth-order valence-electron chi connectivity index (χ4n) is 2.95. The maximum absolute atomic E-state index is 12.9. The van der Waals surface area contributed by atoms with Crippen LogP contribution in [0.15, 0.2) is 42.5 Å². The minimum atomic E-state index is -4.41. The zero-order chi connectivity index (χ0) is 20.0. The second-order valence-electron chi connectivity index (χ2n) is 6.29. The van der Waals surface area contributed by atoms with Crippen molar-refractivity contribution in [2.45, 2.75) is 12.6 Å². The van der Waals surface area contributed by atoms with E-state index in [4.69, 9.17) is 9.47 Å². The quantitative estimate of drug-likeness (QED) is 0.533. The fourth-order valence-corrected chi connectivity index (χ4v) is 3.73. The Hall–Kier alpha value is -3.34. The van der Waals surface area contributed by atoms with E-state index in [0.29, 0.717) is 39.5 Å². The molecule has 2 aromatic carbocycles. The summed E-state index contributed by atoms with van der Waals surface area (Å²) in [6.07, 6.45) is -3.94. The summed E-state index contributed by atoms with van der Waals surface area (Å²) >= 11 is 1.20. The van der Waals surface area contributed by atoms with Gasteiger partial charge in [-0.05, 0) is 35.9 Å². The predicted molar refractivity (Wildman–Crippen MR) is 98.8 cm³/mol. The molecule has 0 atom stereocenters. The van der Waals surface area contributed by atoms with E-state index in [1.165, 1.54) is 17.4 Å². The Balaban J connectivity index is 1.39. The first-order valence-corrected chi connectivity index (χ1v) is 9.31. The summed E-state index contributed by atoms with van der Waals surface area (Å²) in [6, 6.07) is 10.6. The summed E-state index contributed by atoms with van der Waals surface area (Å²) in [5, 5.41) is 16.0. The number of rotatable bonds is 4. The van der Waals surface area contributed by atoms with Crippen LogP contribution in [0.25, 0.3) is 4.96 Å². The van der Waals surface area contributed by atoms with Crippen LogP contribution in [-0.4, -0.2) is 26.6 Å². The summed E-state index contributed by atoms with van der Waals surface area (Å²) in [5.74, 6) is 1.97. The lowest BCUT2D eigenvalue weighted by Crippen LogP contribution is -2.05. The zero-order valence-corrected chi connectivity index (χ0v) is 15.4. The maximum atomic E-state index is 12.9. The van der Waals surface area contributed by atoms with E-state index in [0.717, 1.165) is 17.7 Å². The van der Waals surface area contributed by atoms with Gasteiger partial charge in [0.25, 0.3) is 0 Å². The number of halogens is 3. The molecule has 4 aromatic rings. The van der Waals surface area contributed by atoms with Crippen molar-refractivity contribution in [3.05, 3.63) is 59.4 Å². The number of anilines is 2. The number of hydrogen-bond donors (Lipinski definition) is 1. The molecule has 29 heavy (non-hydrogen) atoms. The minimum Gasteiger partial charge on any atom is -0.454 e. The van der Waals surface area contributed by atoms with Crippen molar-refractivity contribution < 1.29 is 22.6 Å². The van der Waals surface area contributed by atoms with Crippen molar-refractivity contribution >= 4 is 27.1 Å². The number of aromatic nitrogens is 4. The molecule has 2 aromatic heterocycles. The summed E-state index contributed by atoms with van der Waals surface area (Å²) in [6.45, 7) is 0.199. The molecule has 0 saturated heterocycles. The van der Waals surface area contributed by atoms with Gasteiger partial charge in [-0.3, -0.25) is 0 Å². The molecular weight excluding hydrogens is 407 g/mol. The summed E-state index contributed by atoms with van der Waals surface area (Å²) < 4.78 is 50.9. The highest BCUT2D eigenvalue weighted by atomic mass is 32.1. The molecule has 0 aliphatic carbocycles. The molecule has 1 aliphatic heterocycles. The van der Waals surface area contributed by atoms with E-state index in [1.807, 2.05) is 18.2 Å². The first-order chi connectivity index (χ1) is 14.0. The van der Waals surface area contributed by atoms with Crippen LogP contribution in [0.4, 0.5) is 24.0 Å². The van der Waals surface area contributed by atoms with Gasteiger partial charge in [0.1, 0.15) is 0 Å². The lowest BCUT2D eigenvalue weighted by molar-refractivity contribution is -0.137. The molecular formula is C18H12F3N5O2S. The predicted octanol–water partition coefficient (Wildman–Crippen LogP) is 4.27. The molecule has 7 nitrogen and oxygen atoms in total. The third kappa shape index (κ3) is 3.44. The number of alkyl halides is 3. The van der Waals surface area contributed by atoms with E-state index >= 15 is 0 Å². The zero-order valence-electron chi connectivity index (χ0n) is 14.6. The maximum Gasteiger partial charge on any atom is 0.416 e. The summed E-state index contributed by atoms with van der Waals surface area (Å²) in [5.41, 5.74) is 0.514. The highest BCUT2D eigenvalue weighted by molar-refractivity contribution is 7.20. The van der Waals surface area contributed by atoms with Crippen LogP contribution in [0.2, 0.25) is 0 Å². The van der Waals surface area contributed by atoms with Crippen molar-refractivity contribution in [1.82, 2.24) is 19.8 Å². The normalized spacial score (nSPS) is 13.2. The van der Waals surface area contributed by atoms with Gasteiger partial charge in [0, 0.05) is 12.1 Å². The highest BCUT2D eigenvalue weighted by Gasteiger charge is 2.30. The molecule has 0 saturated carbocycles. The fraction of sp³-hybridized carbons (Fsp3) is 0.167. The number of benzene rings is 2. The first kappa shape index (κ1) is 17.7. The van der Waals surface area contributed by atoms with Crippen LogP contribution in [0.3, 0.4) is 0 Å². The van der Waals surface area contributed by atoms with Gasteiger partial charge in [0.15, 0.2) is 17.3 Å². The Labute approximate surface area is 165 Å². The van der Waals surface area contributed by atoms with E-state index in [2.05, 4.69) is 20.6 Å². The third-order valence-corrected chi connectivity index (χ3v) is 5.11. The van der Waals surface area contributed by atoms with E-state index < -0.39 is 11.7 Å². The van der Waals surface area contributed by atoms with Crippen LogP contribution in [0, 0.1) is 0 Å². The lowest BCUT2D eigenvalue weighted by atomic mass is 10.1. The van der Waals surface area contributed by atoms with Crippen LogP contribution < -0.4 is 14.8 Å². The van der Waals surface area contributed by atoms with Gasteiger partial charge < -0.3 is 14.8 Å². The standard InChI is InChI=1S/C18H12F3N5O2S/c19-18(20,21)11-2-1-3-12(8-11)22-16-25-26-15(23-24-17(26)29-16)7-10-4-5-13-14(6-10)28-9-27-13/h1-6,8H,7,9H2,(H,22,25). The number of nitrogens with zero attached hydrogens (tertiary/aromatic N) is 4. The Morgan fingerprint density at radius 2 is 1.93 bits per heavy atom. The summed E-state index contributed by atoms with van der Waals surface area (Å²) in [7, 11) is 0. The van der Waals surface area contributed by atoms with Crippen LogP contribution in [0.5, 0.6) is 11.5 Å². The molecule has 11 heteroatoms. The van der Waals surface area contributed by atoms with Gasteiger partial charge in [-0.1, -0.05) is 23.5 Å². The van der Waals surface area contributed by atoms with E-state index in [-0.39, 0.29) is 6.79 Å². The smallest absolute Gasteiger partial charge is 0.416 e. The van der Waals surface area contributed by atoms with Crippen LogP contribution in [-0.2, 0) is 12.6 Å². The van der Waals surface area contributed by atoms with Crippen LogP contribution >= 0.6 is 11.3 Å². The number of ether oxygens (including phenoxy) is 2. The SMILES string of the molecule is FC(F)(F)c1cccc(Nc2nn3c(Cc4ccc5c(c4)OCO5)nnc3s2)c1. The molecule has 0 radical (unpaired) electrons. The van der Waals surface area contributed by atoms with Crippen molar-refractivity contribution in [1.29, 1.82) is 0 Å². The van der Waals surface area contributed by atoms with Gasteiger partial charge in [-0.25, -0.2) is 0 Å². The molecule has 1 N–H and O–H groups in total. The largest absolute Gasteiger partial charge is 0.454 e. The van der Waals surface area contributed by atoms with Crippen molar-refractivity contribution in [2.24, 2.45) is 0 Å². The highest BCUT2D eigenvalue weighted by Crippen LogP contribution is 2.34. The first-order valence-electron chi connectivity index (χ1n) is 8.50. The van der Waals surface area contributed by atoms with Crippen molar-refractivity contribution in [3.63, 3.8) is 0 Å². The monoisotopic (exact) mass is 419 g/mol. The number of hydrogen-bond acceptors (Lipinski definition) is 7. The summed E-state index contributed by atoms with van der Waals surface area (Å²) in [4.78, 5) is 0.537. The Bertz CT molecular complexity index is 1200. The van der Waals surface area contributed by atoms with Gasteiger partial charge in [0.2, 0.25) is 16.9 Å². The van der Waals surface area contributed by atoms with Crippen LogP contribution in [0.1, 0.15) is 17.0 Å². The molecule has 5 rings (SSSR count). The van der Waals surface area contributed by atoms with E-state index in [1.54, 1.807) is 10.6 Å². The average molecular weight is 419 g/mol. The molecule has 3 heterocycles. The second kappa shape index (κ2) is 6.62. The third-order valence-electron chi connectivity index (χ3n) is 4.30. The Morgan fingerprint density at radius 3 is 2.79 bits per heavy atom. The molecule has 0 spiro atoms. The van der Waals surface area contributed by atoms with E-state index in [9.17, 15) is 13.2 Å². The van der Waals surface area contributed by atoms with Gasteiger partial charge >= 0.3 is 6.18 Å². The Kier molecular flexibility index (Phi) is 4.05. The Morgan fingerprint density at radius 1 is 1.07 bits per heavy atom. The lowest BCUT2D eigenvalue weighted by Gasteiger charge is -2.08.